The number of halogens is 1. The van der Waals surface area contributed by atoms with Crippen LogP contribution in [0.2, 0.25) is 5.02 Å². The number of benzene rings is 2. The molecule has 3 aromatic rings. The summed E-state index contributed by atoms with van der Waals surface area (Å²) in [6.45, 7) is 3.86. The fraction of sp³-hybridized carbons (Fsp3) is 0.348. The maximum Gasteiger partial charge on any atom is 0.228 e. The largest absolute Gasteiger partial charge is 0.345 e. The van der Waals surface area contributed by atoms with Crippen LogP contribution in [-0.4, -0.2) is 59.3 Å². The zero-order valence-corrected chi connectivity index (χ0v) is 18.6. The summed E-state index contributed by atoms with van der Waals surface area (Å²) in [5.74, 6) is -0.0824. The van der Waals surface area contributed by atoms with E-state index in [0.29, 0.717) is 37.6 Å². The van der Waals surface area contributed by atoms with Crippen molar-refractivity contribution < 1.29 is 9.59 Å². The van der Waals surface area contributed by atoms with Crippen LogP contribution < -0.4 is 4.90 Å². The van der Waals surface area contributed by atoms with Gasteiger partial charge in [0, 0.05) is 50.7 Å². The Balaban J connectivity index is 1.18. The highest BCUT2D eigenvalue weighted by Gasteiger charge is 2.37. The van der Waals surface area contributed by atoms with Crippen molar-refractivity contribution in [3.63, 3.8) is 0 Å². The van der Waals surface area contributed by atoms with E-state index >= 15 is 0 Å². The Morgan fingerprint density at radius 2 is 1.87 bits per heavy atom. The molecule has 1 aromatic heterocycles. The number of carbonyl (C=O) groups is 2. The molecule has 31 heavy (non-hydrogen) atoms. The molecular weight excluding hydrogens is 432 g/mol. The van der Waals surface area contributed by atoms with E-state index < -0.39 is 0 Å². The van der Waals surface area contributed by atoms with Crippen LogP contribution in [0, 0.1) is 5.92 Å². The number of fused-ring (bicyclic) bond motifs is 1. The van der Waals surface area contributed by atoms with E-state index in [1.54, 1.807) is 16.2 Å². The summed E-state index contributed by atoms with van der Waals surface area (Å²) >= 11 is 7.72. The Kier molecular flexibility index (Phi) is 5.54. The van der Waals surface area contributed by atoms with Crippen LogP contribution >= 0.6 is 22.9 Å². The lowest BCUT2D eigenvalue weighted by molar-refractivity contribution is -0.136. The molecule has 5 rings (SSSR count). The Hall–Kier alpha value is -2.64. The van der Waals surface area contributed by atoms with Gasteiger partial charge in [-0.15, -0.1) is 0 Å². The number of nitrogens with zero attached hydrogens (tertiary/aromatic N) is 4. The quantitative estimate of drug-likeness (QED) is 0.603. The van der Waals surface area contributed by atoms with Crippen molar-refractivity contribution in [1.29, 1.82) is 0 Å². The van der Waals surface area contributed by atoms with E-state index in [9.17, 15) is 9.59 Å². The van der Waals surface area contributed by atoms with Crippen LogP contribution in [0.1, 0.15) is 12.0 Å². The van der Waals surface area contributed by atoms with Crippen molar-refractivity contribution in [3.05, 3.63) is 59.1 Å². The zero-order chi connectivity index (χ0) is 21.4. The van der Waals surface area contributed by atoms with E-state index in [0.717, 1.165) is 34.0 Å². The number of thiazole rings is 1. The molecule has 0 spiro atoms. The first kappa shape index (κ1) is 20.3. The van der Waals surface area contributed by atoms with Gasteiger partial charge < -0.3 is 14.7 Å². The molecule has 8 heteroatoms. The molecule has 6 nitrogen and oxygen atoms in total. The number of anilines is 1. The Morgan fingerprint density at radius 1 is 1.10 bits per heavy atom. The van der Waals surface area contributed by atoms with Gasteiger partial charge in [0.15, 0.2) is 5.13 Å². The lowest BCUT2D eigenvalue weighted by Crippen LogP contribution is -2.50. The average Bonchev–Trinajstić information content (AvgIpc) is 3.37. The minimum atomic E-state index is -0.243. The first-order valence-electron chi connectivity index (χ1n) is 10.5. The SMILES string of the molecule is O=C1CC(C(=O)N2CCN(c3nc4ccc(Cl)cc4s3)CC2)CN1Cc1ccccc1. The summed E-state index contributed by atoms with van der Waals surface area (Å²) in [4.78, 5) is 36.2. The van der Waals surface area contributed by atoms with Crippen LogP contribution in [0.4, 0.5) is 5.13 Å². The van der Waals surface area contributed by atoms with Crippen molar-refractivity contribution in [2.45, 2.75) is 13.0 Å². The standard InChI is InChI=1S/C23H23ClN4O2S/c24-18-6-7-19-20(13-18)31-23(25-19)27-10-8-26(9-11-27)22(30)17-12-21(29)28(15-17)14-16-4-2-1-3-5-16/h1-7,13,17H,8-12,14-15H2. The summed E-state index contributed by atoms with van der Waals surface area (Å²) in [5, 5.41) is 1.68. The molecule has 2 saturated heterocycles. The third-order valence-electron chi connectivity index (χ3n) is 5.98. The third-order valence-corrected chi connectivity index (χ3v) is 7.30. The van der Waals surface area contributed by atoms with E-state index in [1.165, 1.54) is 0 Å². The highest BCUT2D eigenvalue weighted by Crippen LogP contribution is 2.31. The third kappa shape index (κ3) is 4.25. The first-order valence-corrected chi connectivity index (χ1v) is 11.7. The van der Waals surface area contributed by atoms with E-state index in [2.05, 4.69) is 4.90 Å². The van der Waals surface area contributed by atoms with Gasteiger partial charge in [-0.1, -0.05) is 53.3 Å². The van der Waals surface area contributed by atoms with E-state index in [1.807, 2.05) is 53.4 Å². The topological polar surface area (TPSA) is 56.8 Å². The molecule has 160 valence electrons. The number of likely N-dealkylation sites (tertiary alicyclic amines) is 1. The van der Waals surface area contributed by atoms with Crippen LogP contribution in [0.3, 0.4) is 0 Å². The summed E-state index contributed by atoms with van der Waals surface area (Å²) in [6.07, 6.45) is 0.310. The molecule has 0 aliphatic carbocycles. The van der Waals surface area contributed by atoms with Gasteiger partial charge in [-0.3, -0.25) is 9.59 Å². The van der Waals surface area contributed by atoms with E-state index in [4.69, 9.17) is 16.6 Å². The molecule has 1 atom stereocenters. The van der Waals surface area contributed by atoms with Crippen molar-refractivity contribution in [3.8, 4) is 0 Å². The normalized spacial score (nSPS) is 19.5. The molecule has 0 bridgehead atoms. The van der Waals surface area contributed by atoms with Gasteiger partial charge in [-0.05, 0) is 23.8 Å². The van der Waals surface area contributed by atoms with Crippen molar-refractivity contribution in [1.82, 2.24) is 14.8 Å². The molecule has 3 heterocycles. The summed E-state index contributed by atoms with van der Waals surface area (Å²) in [7, 11) is 0. The number of aromatic nitrogens is 1. The number of carbonyl (C=O) groups excluding carboxylic acids is 2. The summed E-state index contributed by atoms with van der Waals surface area (Å²) in [6, 6.07) is 15.7. The molecule has 2 aromatic carbocycles. The fourth-order valence-corrected chi connectivity index (χ4v) is 5.59. The van der Waals surface area contributed by atoms with E-state index in [-0.39, 0.29) is 17.7 Å². The van der Waals surface area contributed by atoms with Crippen LogP contribution in [0.25, 0.3) is 10.2 Å². The fourth-order valence-electron chi connectivity index (χ4n) is 4.29. The lowest BCUT2D eigenvalue weighted by atomic mass is 10.1. The first-order chi connectivity index (χ1) is 15.1. The van der Waals surface area contributed by atoms with Gasteiger partial charge in [0.25, 0.3) is 0 Å². The molecule has 0 radical (unpaired) electrons. The number of hydrogen-bond donors (Lipinski definition) is 0. The Morgan fingerprint density at radius 3 is 2.65 bits per heavy atom. The summed E-state index contributed by atoms with van der Waals surface area (Å²) in [5.41, 5.74) is 2.04. The van der Waals surface area contributed by atoms with Gasteiger partial charge >= 0.3 is 0 Å². The average molecular weight is 455 g/mol. The van der Waals surface area contributed by atoms with Crippen molar-refractivity contribution in [2.24, 2.45) is 5.92 Å². The lowest BCUT2D eigenvalue weighted by Gasteiger charge is -2.35. The second kappa shape index (κ2) is 8.48. The maximum absolute atomic E-state index is 13.1. The van der Waals surface area contributed by atoms with Crippen LogP contribution in [-0.2, 0) is 16.1 Å². The second-order valence-corrected chi connectivity index (χ2v) is 9.53. The number of rotatable bonds is 4. The number of hydrogen-bond acceptors (Lipinski definition) is 5. The number of piperazine rings is 1. The highest BCUT2D eigenvalue weighted by molar-refractivity contribution is 7.22. The predicted molar refractivity (Wildman–Crippen MR) is 123 cm³/mol. The van der Waals surface area contributed by atoms with Gasteiger partial charge in [-0.25, -0.2) is 4.98 Å². The van der Waals surface area contributed by atoms with Crippen LogP contribution in [0.15, 0.2) is 48.5 Å². The molecule has 2 fully saturated rings. The molecule has 0 saturated carbocycles. The zero-order valence-electron chi connectivity index (χ0n) is 17.0. The highest BCUT2D eigenvalue weighted by atomic mass is 35.5. The van der Waals surface area contributed by atoms with Crippen LogP contribution in [0.5, 0.6) is 0 Å². The van der Waals surface area contributed by atoms with Gasteiger partial charge in [0.2, 0.25) is 11.8 Å². The minimum Gasteiger partial charge on any atom is -0.345 e. The predicted octanol–water partition coefficient (Wildman–Crippen LogP) is 3.65. The number of amides is 2. The second-order valence-electron chi connectivity index (χ2n) is 8.08. The van der Waals surface area contributed by atoms with Crippen molar-refractivity contribution in [2.75, 3.05) is 37.6 Å². The Bertz CT molecular complexity index is 1110. The molecular formula is C23H23ClN4O2S. The molecule has 2 aliphatic heterocycles. The van der Waals surface area contributed by atoms with Gasteiger partial charge in [0.05, 0.1) is 16.1 Å². The molecule has 2 amide bonds. The molecule has 2 aliphatic rings. The maximum atomic E-state index is 13.1. The van der Waals surface area contributed by atoms with Gasteiger partial charge in [0.1, 0.15) is 0 Å². The summed E-state index contributed by atoms with van der Waals surface area (Å²) < 4.78 is 1.07. The Labute approximate surface area is 190 Å². The van der Waals surface area contributed by atoms with Gasteiger partial charge in [-0.2, -0.15) is 0 Å². The smallest absolute Gasteiger partial charge is 0.228 e. The van der Waals surface area contributed by atoms with Crippen molar-refractivity contribution >= 4 is 50.1 Å². The molecule has 0 N–H and O–H groups in total. The minimum absolute atomic E-state index is 0.0639. The molecule has 1 unspecified atom stereocenters. The monoisotopic (exact) mass is 454 g/mol.